The second-order valence-electron chi connectivity index (χ2n) is 5.72. The SMILES string of the molecule is CC(C)(C)NC(=O)C(CCl)(CCl)OC(=O)c1ccccc1. The predicted octanol–water partition coefficient (Wildman–Crippen LogP) is 2.97. The van der Waals surface area contributed by atoms with Crippen LogP contribution in [0.1, 0.15) is 31.1 Å². The van der Waals surface area contributed by atoms with Gasteiger partial charge in [-0.1, -0.05) is 18.2 Å². The Balaban J connectivity index is 2.95. The summed E-state index contributed by atoms with van der Waals surface area (Å²) < 4.78 is 5.32. The van der Waals surface area contributed by atoms with E-state index >= 15 is 0 Å². The molecule has 0 atom stereocenters. The molecule has 1 rings (SSSR count). The molecule has 0 unspecified atom stereocenters. The molecule has 4 nitrogen and oxygen atoms in total. The predicted molar refractivity (Wildman–Crippen MR) is 83.9 cm³/mol. The van der Waals surface area contributed by atoms with E-state index in [4.69, 9.17) is 27.9 Å². The number of carbonyl (C=O) groups excluding carboxylic acids is 2. The standard InChI is InChI=1S/C15H19Cl2NO3/c1-14(2,3)18-13(20)15(9-16,10-17)21-12(19)11-7-5-4-6-8-11/h4-8H,9-10H2,1-3H3,(H,18,20). The molecule has 0 spiro atoms. The van der Waals surface area contributed by atoms with Crippen molar-refractivity contribution < 1.29 is 14.3 Å². The van der Waals surface area contributed by atoms with E-state index in [0.717, 1.165) is 0 Å². The number of ether oxygens (including phenoxy) is 1. The third kappa shape index (κ3) is 4.90. The molecule has 0 aliphatic heterocycles. The fourth-order valence-corrected chi connectivity index (χ4v) is 2.16. The van der Waals surface area contributed by atoms with Crippen LogP contribution in [0.2, 0.25) is 0 Å². The number of esters is 1. The molecular weight excluding hydrogens is 313 g/mol. The second-order valence-corrected chi connectivity index (χ2v) is 6.26. The smallest absolute Gasteiger partial charge is 0.339 e. The van der Waals surface area contributed by atoms with Crippen LogP contribution in [-0.4, -0.2) is 34.8 Å². The van der Waals surface area contributed by atoms with Crippen LogP contribution in [0.25, 0.3) is 0 Å². The van der Waals surface area contributed by atoms with E-state index in [1.165, 1.54) is 0 Å². The van der Waals surface area contributed by atoms with Crippen molar-refractivity contribution in [1.82, 2.24) is 5.32 Å². The van der Waals surface area contributed by atoms with Gasteiger partial charge in [0.1, 0.15) is 0 Å². The molecule has 21 heavy (non-hydrogen) atoms. The van der Waals surface area contributed by atoms with E-state index < -0.39 is 23.0 Å². The number of benzene rings is 1. The molecule has 1 aromatic carbocycles. The van der Waals surface area contributed by atoms with Crippen molar-refractivity contribution in [1.29, 1.82) is 0 Å². The Morgan fingerprint density at radius 2 is 1.62 bits per heavy atom. The van der Waals surface area contributed by atoms with E-state index in [1.807, 2.05) is 20.8 Å². The Kier molecular flexibility index (Phi) is 6.05. The van der Waals surface area contributed by atoms with Crippen molar-refractivity contribution in [2.75, 3.05) is 11.8 Å². The minimum absolute atomic E-state index is 0.225. The van der Waals surface area contributed by atoms with Gasteiger partial charge in [0.15, 0.2) is 0 Å². The van der Waals surface area contributed by atoms with Gasteiger partial charge in [0.25, 0.3) is 5.91 Å². The van der Waals surface area contributed by atoms with Gasteiger partial charge in [0.2, 0.25) is 5.60 Å². The number of amides is 1. The molecular formula is C15H19Cl2NO3. The Bertz CT molecular complexity index is 493. The highest BCUT2D eigenvalue weighted by molar-refractivity contribution is 6.25. The summed E-state index contributed by atoms with van der Waals surface area (Å²) in [5.74, 6) is -1.60. The zero-order valence-corrected chi connectivity index (χ0v) is 13.8. The highest BCUT2D eigenvalue weighted by Crippen LogP contribution is 2.20. The third-order valence-electron chi connectivity index (χ3n) is 2.63. The molecule has 0 heterocycles. The zero-order valence-electron chi connectivity index (χ0n) is 12.3. The maximum atomic E-state index is 12.4. The maximum absolute atomic E-state index is 12.4. The average Bonchev–Trinajstić information content (AvgIpc) is 2.43. The van der Waals surface area contributed by atoms with Crippen molar-refractivity contribution in [3.05, 3.63) is 35.9 Å². The van der Waals surface area contributed by atoms with Crippen LogP contribution in [0, 0.1) is 0 Å². The van der Waals surface area contributed by atoms with Crippen molar-refractivity contribution in [2.45, 2.75) is 31.9 Å². The van der Waals surface area contributed by atoms with Crippen molar-refractivity contribution in [3.8, 4) is 0 Å². The fourth-order valence-electron chi connectivity index (χ4n) is 1.52. The molecule has 1 amide bonds. The van der Waals surface area contributed by atoms with Crippen LogP contribution in [-0.2, 0) is 9.53 Å². The first-order chi connectivity index (χ1) is 9.74. The van der Waals surface area contributed by atoms with E-state index in [-0.39, 0.29) is 11.8 Å². The van der Waals surface area contributed by atoms with Gasteiger partial charge in [-0.25, -0.2) is 4.79 Å². The van der Waals surface area contributed by atoms with Gasteiger partial charge in [0, 0.05) is 5.54 Å². The van der Waals surface area contributed by atoms with Crippen LogP contribution in [0.3, 0.4) is 0 Å². The minimum atomic E-state index is -1.59. The molecule has 0 radical (unpaired) electrons. The highest BCUT2D eigenvalue weighted by Gasteiger charge is 2.42. The summed E-state index contributed by atoms with van der Waals surface area (Å²) in [6.07, 6.45) is 0. The van der Waals surface area contributed by atoms with Crippen LogP contribution < -0.4 is 5.32 Å². The summed E-state index contributed by atoms with van der Waals surface area (Å²) in [5, 5.41) is 2.73. The number of alkyl halides is 2. The number of carbonyl (C=O) groups is 2. The van der Waals surface area contributed by atoms with Gasteiger partial charge < -0.3 is 10.1 Å². The summed E-state index contributed by atoms with van der Waals surface area (Å²) in [7, 11) is 0. The molecule has 0 bridgehead atoms. The van der Waals surface area contributed by atoms with Gasteiger partial charge >= 0.3 is 5.97 Å². The zero-order chi connectivity index (χ0) is 16.1. The molecule has 0 saturated carbocycles. The monoisotopic (exact) mass is 331 g/mol. The second kappa shape index (κ2) is 7.14. The number of nitrogens with one attached hydrogen (secondary N) is 1. The number of halogens is 2. The van der Waals surface area contributed by atoms with Gasteiger partial charge in [-0.05, 0) is 32.9 Å². The van der Waals surface area contributed by atoms with Crippen LogP contribution >= 0.6 is 23.2 Å². The van der Waals surface area contributed by atoms with Crippen molar-refractivity contribution >= 4 is 35.1 Å². The molecule has 116 valence electrons. The number of hydrogen-bond donors (Lipinski definition) is 1. The molecule has 0 saturated heterocycles. The first-order valence-electron chi connectivity index (χ1n) is 6.47. The normalized spacial score (nSPS) is 11.9. The maximum Gasteiger partial charge on any atom is 0.339 e. The van der Waals surface area contributed by atoms with Gasteiger partial charge in [0.05, 0.1) is 17.3 Å². The summed E-state index contributed by atoms with van der Waals surface area (Å²) in [6.45, 7) is 5.45. The molecule has 0 aliphatic rings. The first kappa shape index (κ1) is 17.8. The Hall–Kier alpha value is -1.26. The number of hydrogen-bond acceptors (Lipinski definition) is 3. The van der Waals surface area contributed by atoms with Gasteiger partial charge in [-0.2, -0.15) is 0 Å². The Morgan fingerprint density at radius 3 is 2.05 bits per heavy atom. The highest BCUT2D eigenvalue weighted by atomic mass is 35.5. The van der Waals surface area contributed by atoms with Crippen molar-refractivity contribution in [3.63, 3.8) is 0 Å². The summed E-state index contributed by atoms with van der Waals surface area (Å²) in [5.41, 5.74) is -1.75. The summed E-state index contributed by atoms with van der Waals surface area (Å²) in [6, 6.07) is 8.37. The van der Waals surface area contributed by atoms with E-state index in [1.54, 1.807) is 30.3 Å². The molecule has 0 aromatic heterocycles. The quantitative estimate of drug-likeness (QED) is 0.666. The van der Waals surface area contributed by atoms with E-state index in [2.05, 4.69) is 5.32 Å². The average molecular weight is 332 g/mol. The fraction of sp³-hybridized carbons (Fsp3) is 0.467. The Labute approximate surface area is 134 Å². The lowest BCUT2D eigenvalue weighted by atomic mass is 10.0. The first-order valence-corrected chi connectivity index (χ1v) is 7.54. The van der Waals surface area contributed by atoms with Crippen LogP contribution in [0.5, 0.6) is 0 Å². The molecule has 1 aromatic rings. The van der Waals surface area contributed by atoms with Crippen LogP contribution in [0.15, 0.2) is 30.3 Å². The lowest BCUT2D eigenvalue weighted by molar-refractivity contribution is -0.138. The molecule has 0 aliphatic carbocycles. The molecule has 6 heteroatoms. The van der Waals surface area contributed by atoms with Gasteiger partial charge in [-0.3, -0.25) is 4.79 Å². The minimum Gasteiger partial charge on any atom is -0.443 e. The summed E-state index contributed by atoms with van der Waals surface area (Å²) in [4.78, 5) is 24.5. The third-order valence-corrected chi connectivity index (χ3v) is 3.50. The Morgan fingerprint density at radius 1 is 1.10 bits per heavy atom. The van der Waals surface area contributed by atoms with E-state index in [0.29, 0.717) is 5.56 Å². The topological polar surface area (TPSA) is 55.4 Å². The molecule has 1 N–H and O–H groups in total. The number of rotatable bonds is 5. The largest absolute Gasteiger partial charge is 0.443 e. The molecule has 0 fully saturated rings. The van der Waals surface area contributed by atoms with Crippen LogP contribution in [0.4, 0.5) is 0 Å². The lowest BCUT2D eigenvalue weighted by Crippen LogP contribution is -2.57. The van der Waals surface area contributed by atoms with E-state index in [9.17, 15) is 9.59 Å². The van der Waals surface area contributed by atoms with Gasteiger partial charge in [-0.15, -0.1) is 23.2 Å². The lowest BCUT2D eigenvalue weighted by Gasteiger charge is -2.32. The summed E-state index contributed by atoms with van der Waals surface area (Å²) >= 11 is 11.7. The van der Waals surface area contributed by atoms with Crippen molar-refractivity contribution in [2.24, 2.45) is 0 Å².